The van der Waals surface area contributed by atoms with Gasteiger partial charge in [-0.3, -0.25) is 0 Å². The van der Waals surface area contributed by atoms with E-state index in [1.54, 1.807) is 0 Å². The van der Waals surface area contributed by atoms with Crippen molar-refractivity contribution in [3.63, 3.8) is 0 Å². The lowest BCUT2D eigenvalue weighted by Crippen LogP contribution is -2.62. The fourth-order valence-corrected chi connectivity index (χ4v) is 7.84. The molecule has 1 aromatic carbocycles. The summed E-state index contributed by atoms with van der Waals surface area (Å²) in [6, 6.07) is 8.88. The molecule has 2 aromatic rings. The zero-order valence-corrected chi connectivity index (χ0v) is 17.4. The van der Waals surface area contributed by atoms with E-state index in [4.69, 9.17) is 0 Å². The van der Waals surface area contributed by atoms with Crippen LogP contribution in [0.4, 0.5) is 0 Å². The first-order valence-electron chi connectivity index (χ1n) is 11.1. The second-order valence-corrected chi connectivity index (χ2v) is 11.2. The molecule has 4 aliphatic carbocycles. The summed E-state index contributed by atoms with van der Waals surface area (Å²) in [5, 5.41) is 12.1. The maximum absolute atomic E-state index is 12.1. The van der Waals surface area contributed by atoms with Crippen LogP contribution >= 0.6 is 0 Å². The van der Waals surface area contributed by atoms with Gasteiger partial charge in [-0.05, 0) is 73.2 Å². The molecule has 0 spiro atoms. The van der Waals surface area contributed by atoms with Gasteiger partial charge in [0.05, 0.1) is 29.9 Å². The Kier molecular flexibility index (Phi) is 3.27. The molecular formula is C25H32N2O. The predicted octanol–water partition coefficient (Wildman–Crippen LogP) is 5.45. The van der Waals surface area contributed by atoms with Crippen molar-refractivity contribution in [3.05, 3.63) is 42.4 Å². The van der Waals surface area contributed by atoms with Gasteiger partial charge in [0.1, 0.15) is 0 Å². The Morgan fingerprint density at radius 3 is 2.61 bits per heavy atom. The Labute approximate surface area is 168 Å². The lowest BCUT2D eigenvalue weighted by Gasteiger charge is -2.67. The molecular weight excluding hydrogens is 344 g/mol. The van der Waals surface area contributed by atoms with Gasteiger partial charge in [0.2, 0.25) is 0 Å². The molecule has 2 heterocycles. The van der Waals surface area contributed by atoms with Crippen LogP contribution in [0.5, 0.6) is 0 Å². The fraction of sp³-hybridized carbons (Fsp3) is 0.640. The molecule has 1 N–H and O–H groups in total. The summed E-state index contributed by atoms with van der Waals surface area (Å²) in [5.41, 5.74) is 3.73. The monoisotopic (exact) mass is 376 g/mol. The summed E-state index contributed by atoms with van der Waals surface area (Å²) in [6.45, 7) is 7.14. The Hall–Kier alpha value is -1.61. The van der Waals surface area contributed by atoms with Gasteiger partial charge in [0.15, 0.2) is 0 Å². The Morgan fingerprint density at radius 1 is 1.14 bits per heavy atom. The highest BCUT2D eigenvalue weighted by Crippen LogP contribution is 2.70. The van der Waals surface area contributed by atoms with E-state index in [1.165, 1.54) is 48.9 Å². The number of imidazole rings is 1. The van der Waals surface area contributed by atoms with Gasteiger partial charge in [-0.1, -0.05) is 38.1 Å². The fourth-order valence-electron chi connectivity index (χ4n) is 7.84. The molecule has 0 saturated heterocycles. The normalized spacial score (nSPS) is 38.9. The van der Waals surface area contributed by atoms with Crippen LogP contribution in [0, 0.1) is 28.6 Å². The lowest BCUT2D eigenvalue weighted by molar-refractivity contribution is -0.214. The van der Waals surface area contributed by atoms with Crippen molar-refractivity contribution in [2.45, 2.75) is 70.9 Å². The summed E-state index contributed by atoms with van der Waals surface area (Å²) in [4.78, 5) is 4.42. The summed E-state index contributed by atoms with van der Waals surface area (Å²) >= 11 is 0. The minimum atomic E-state index is -0.650. The van der Waals surface area contributed by atoms with Crippen LogP contribution in [0.2, 0.25) is 0 Å². The van der Waals surface area contributed by atoms with Crippen LogP contribution in [0.15, 0.2) is 36.8 Å². The Bertz CT molecular complexity index is 922. The zero-order valence-electron chi connectivity index (χ0n) is 17.4. The third kappa shape index (κ3) is 2.06. The van der Waals surface area contributed by atoms with Crippen molar-refractivity contribution >= 4 is 0 Å². The average Bonchev–Trinajstić information content (AvgIpc) is 3.22. The molecule has 4 saturated carbocycles. The van der Waals surface area contributed by atoms with Crippen LogP contribution in [0.3, 0.4) is 0 Å². The molecule has 4 fully saturated rings. The highest BCUT2D eigenvalue weighted by molar-refractivity contribution is 5.69. The molecule has 28 heavy (non-hydrogen) atoms. The summed E-state index contributed by atoms with van der Waals surface area (Å²) in [5.74, 6) is 2.39. The largest absolute Gasteiger partial charge is 0.390 e. The molecule has 3 nitrogen and oxygen atoms in total. The molecule has 3 heteroatoms. The molecule has 4 bridgehead atoms. The van der Waals surface area contributed by atoms with E-state index in [-0.39, 0.29) is 11.5 Å². The van der Waals surface area contributed by atoms with Gasteiger partial charge in [-0.2, -0.15) is 0 Å². The van der Waals surface area contributed by atoms with Gasteiger partial charge in [-0.15, -0.1) is 0 Å². The second-order valence-electron chi connectivity index (χ2n) is 11.2. The van der Waals surface area contributed by atoms with Crippen molar-refractivity contribution in [2.75, 3.05) is 0 Å². The van der Waals surface area contributed by atoms with Crippen LogP contribution < -0.4 is 0 Å². The molecule has 5 aliphatic rings. The van der Waals surface area contributed by atoms with Gasteiger partial charge in [0.25, 0.3) is 0 Å². The number of hydrogen-bond acceptors (Lipinski definition) is 2. The van der Waals surface area contributed by atoms with E-state index in [1.807, 2.05) is 12.5 Å². The summed E-state index contributed by atoms with van der Waals surface area (Å²) in [7, 11) is 0. The third-order valence-corrected chi connectivity index (χ3v) is 9.62. The first-order valence-corrected chi connectivity index (χ1v) is 11.1. The van der Waals surface area contributed by atoms with Crippen LogP contribution in [-0.2, 0) is 0 Å². The number of aliphatic hydroxyl groups is 1. The molecule has 148 valence electrons. The van der Waals surface area contributed by atoms with E-state index in [9.17, 15) is 5.11 Å². The van der Waals surface area contributed by atoms with Crippen molar-refractivity contribution in [1.82, 2.24) is 9.55 Å². The standard InChI is InChI=1S/C25H32N2O/c1-23(2)17-8-16-9-18(23)12-25(10-16,11-17)24(3,28)13-21-19-6-4-5-7-20(19)22-14-26-15-27(21)22/h4-7,14-18,21,28H,8-13H2,1-3H3. The SMILES string of the molecule is CC1(C)C2CC3CC1CC(C(C)(O)CC1c4ccccc4-c4cncn41)(C3)C2. The Balaban J connectivity index is 1.37. The lowest BCUT2D eigenvalue weighted by atomic mass is 9.39. The van der Waals surface area contributed by atoms with E-state index >= 15 is 0 Å². The van der Waals surface area contributed by atoms with Crippen LogP contribution in [0.25, 0.3) is 11.3 Å². The van der Waals surface area contributed by atoms with E-state index in [0.717, 1.165) is 24.2 Å². The smallest absolute Gasteiger partial charge is 0.0956 e. The van der Waals surface area contributed by atoms with Gasteiger partial charge >= 0.3 is 0 Å². The molecule has 1 aliphatic heterocycles. The highest BCUT2D eigenvalue weighted by Gasteiger charge is 2.63. The second kappa shape index (κ2) is 5.30. The van der Waals surface area contributed by atoms with Crippen molar-refractivity contribution in [1.29, 1.82) is 0 Å². The maximum atomic E-state index is 12.1. The molecule has 0 radical (unpaired) electrons. The van der Waals surface area contributed by atoms with E-state index < -0.39 is 5.60 Å². The first kappa shape index (κ1) is 17.3. The van der Waals surface area contributed by atoms with Gasteiger partial charge < -0.3 is 9.67 Å². The van der Waals surface area contributed by atoms with E-state index in [0.29, 0.717) is 5.41 Å². The molecule has 1 aromatic heterocycles. The molecule has 7 rings (SSSR count). The van der Waals surface area contributed by atoms with Gasteiger partial charge in [-0.25, -0.2) is 4.98 Å². The van der Waals surface area contributed by atoms with Gasteiger partial charge in [0, 0.05) is 12.0 Å². The topological polar surface area (TPSA) is 38.1 Å². The maximum Gasteiger partial charge on any atom is 0.0956 e. The molecule has 4 atom stereocenters. The predicted molar refractivity (Wildman–Crippen MR) is 111 cm³/mol. The molecule has 0 amide bonds. The minimum Gasteiger partial charge on any atom is -0.390 e. The molecule has 4 unspecified atom stereocenters. The third-order valence-electron chi connectivity index (χ3n) is 9.62. The number of aromatic nitrogens is 2. The highest BCUT2D eigenvalue weighted by atomic mass is 16.3. The number of nitrogens with zero attached hydrogens (tertiary/aromatic N) is 2. The summed E-state index contributed by atoms with van der Waals surface area (Å²) < 4.78 is 2.30. The average molecular weight is 377 g/mol. The minimum absolute atomic E-state index is 0.0945. The Morgan fingerprint density at radius 2 is 1.86 bits per heavy atom. The summed E-state index contributed by atoms with van der Waals surface area (Å²) in [6.07, 6.45) is 11.2. The number of fused-ring (bicyclic) bond motifs is 3. The number of benzene rings is 1. The van der Waals surface area contributed by atoms with Crippen molar-refractivity contribution in [2.24, 2.45) is 28.6 Å². The van der Waals surface area contributed by atoms with Crippen LogP contribution in [0.1, 0.15) is 70.9 Å². The quantitative estimate of drug-likeness (QED) is 0.774. The first-order chi connectivity index (χ1) is 13.3. The zero-order chi connectivity index (χ0) is 19.3. The number of hydrogen-bond donors (Lipinski definition) is 1. The van der Waals surface area contributed by atoms with Crippen molar-refractivity contribution < 1.29 is 5.11 Å². The van der Waals surface area contributed by atoms with E-state index in [2.05, 4.69) is 54.6 Å². The van der Waals surface area contributed by atoms with Crippen molar-refractivity contribution in [3.8, 4) is 11.3 Å². The number of rotatable bonds is 3. The van der Waals surface area contributed by atoms with Crippen LogP contribution in [-0.4, -0.2) is 20.3 Å².